The average Bonchev–Trinajstić information content (AvgIpc) is 2.97. The first-order chi connectivity index (χ1) is 16.9. The Bertz CT molecular complexity index is 1040. The number of carbonyl (C=O) groups is 3. The number of amides is 2. The highest BCUT2D eigenvalue weighted by atomic mass is 16.5. The summed E-state index contributed by atoms with van der Waals surface area (Å²) in [6.45, 7) is 3.73. The Morgan fingerprint density at radius 1 is 0.943 bits per heavy atom. The van der Waals surface area contributed by atoms with Gasteiger partial charge in [0.25, 0.3) is 0 Å². The summed E-state index contributed by atoms with van der Waals surface area (Å²) in [7, 11) is 0. The molecule has 0 aliphatic heterocycles. The van der Waals surface area contributed by atoms with Crippen LogP contribution in [0.2, 0.25) is 0 Å². The molecule has 0 radical (unpaired) electrons. The lowest BCUT2D eigenvalue weighted by atomic mass is 9.92. The zero-order valence-electron chi connectivity index (χ0n) is 20.3. The fraction of sp³-hybridized carbons (Fsp3) is 0.464. The first-order valence-corrected chi connectivity index (χ1v) is 12.5. The fourth-order valence-corrected chi connectivity index (χ4v) is 5.36. The maximum absolute atomic E-state index is 13.0. The molecule has 3 atom stereocenters. The molecule has 0 bridgehead atoms. The molecular weight excluding hydrogens is 444 g/mol. The summed E-state index contributed by atoms with van der Waals surface area (Å²) in [5.74, 6) is -2.14. The summed E-state index contributed by atoms with van der Waals surface area (Å²) >= 11 is 0. The molecule has 2 aromatic carbocycles. The lowest BCUT2D eigenvalue weighted by Gasteiger charge is -2.27. The van der Waals surface area contributed by atoms with E-state index >= 15 is 0 Å². The minimum atomic E-state index is -1.05. The van der Waals surface area contributed by atoms with Gasteiger partial charge in [-0.3, -0.25) is 4.79 Å². The van der Waals surface area contributed by atoms with Gasteiger partial charge in [-0.05, 0) is 41.0 Å². The van der Waals surface area contributed by atoms with Crippen molar-refractivity contribution in [1.29, 1.82) is 0 Å². The van der Waals surface area contributed by atoms with Crippen molar-refractivity contribution in [3.8, 4) is 11.1 Å². The van der Waals surface area contributed by atoms with E-state index in [9.17, 15) is 19.5 Å². The van der Waals surface area contributed by atoms with Crippen LogP contribution >= 0.6 is 0 Å². The predicted molar refractivity (Wildman–Crippen MR) is 133 cm³/mol. The van der Waals surface area contributed by atoms with Crippen molar-refractivity contribution in [1.82, 2.24) is 10.6 Å². The molecule has 4 rings (SSSR count). The maximum Gasteiger partial charge on any atom is 0.407 e. The molecule has 1 fully saturated rings. The zero-order chi connectivity index (χ0) is 24.9. The Hall–Kier alpha value is -3.35. The SMILES string of the molecule is CC(C)[C@@H](NC(=O)[C@H]1CCCCC[C@H]1NC(=O)OCC1c2ccccc2-c2ccccc21)C(=O)O. The normalized spacial score (nSPS) is 20.3. The number of rotatable bonds is 7. The molecular formula is C28H34N2O5. The van der Waals surface area contributed by atoms with Crippen molar-refractivity contribution in [2.45, 2.75) is 64.0 Å². The van der Waals surface area contributed by atoms with Crippen molar-refractivity contribution in [2.75, 3.05) is 6.61 Å². The van der Waals surface area contributed by atoms with Gasteiger partial charge in [0.05, 0.1) is 5.92 Å². The van der Waals surface area contributed by atoms with E-state index in [0.717, 1.165) is 41.5 Å². The number of nitrogens with one attached hydrogen (secondary N) is 2. The second-order valence-electron chi connectivity index (χ2n) is 9.89. The Morgan fingerprint density at radius 2 is 1.54 bits per heavy atom. The van der Waals surface area contributed by atoms with Crippen LogP contribution in [0.3, 0.4) is 0 Å². The van der Waals surface area contributed by atoms with Gasteiger partial charge in [0.2, 0.25) is 5.91 Å². The predicted octanol–water partition coefficient (Wildman–Crippen LogP) is 4.70. The lowest BCUT2D eigenvalue weighted by molar-refractivity contribution is -0.144. The van der Waals surface area contributed by atoms with Crippen LogP contribution in [0.25, 0.3) is 11.1 Å². The molecule has 0 heterocycles. The molecule has 7 heteroatoms. The highest BCUT2D eigenvalue weighted by Gasteiger charge is 2.35. The Kier molecular flexibility index (Phi) is 7.73. The van der Waals surface area contributed by atoms with E-state index in [2.05, 4.69) is 34.9 Å². The van der Waals surface area contributed by atoms with Crippen molar-refractivity contribution in [2.24, 2.45) is 11.8 Å². The highest BCUT2D eigenvalue weighted by molar-refractivity contribution is 5.86. The van der Waals surface area contributed by atoms with E-state index in [0.29, 0.717) is 12.8 Å². The first kappa shape index (κ1) is 24.8. The third kappa shape index (κ3) is 5.50. The van der Waals surface area contributed by atoms with Crippen LogP contribution in [-0.4, -0.2) is 41.8 Å². The van der Waals surface area contributed by atoms with Gasteiger partial charge in [-0.1, -0.05) is 81.6 Å². The Morgan fingerprint density at radius 3 is 2.14 bits per heavy atom. The molecule has 0 saturated heterocycles. The number of hydrogen-bond donors (Lipinski definition) is 3. The summed E-state index contributed by atoms with van der Waals surface area (Å²) in [5, 5.41) is 15.1. The largest absolute Gasteiger partial charge is 0.480 e. The average molecular weight is 479 g/mol. The summed E-state index contributed by atoms with van der Waals surface area (Å²) in [4.78, 5) is 37.5. The van der Waals surface area contributed by atoms with Crippen molar-refractivity contribution in [3.63, 3.8) is 0 Å². The number of benzene rings is 2. The third-order valence-electron chi connectivity index (χ3n) is 7.23. The summed E-state index contributed by atoms with van der Waals surface area (Å²) < 4.78 is 5.69. The molecule has 0 aromatic heterocycles. The van der Waals surface area contributed by atoms with Crippen molar-refractivity contribution in [3.05, 3.63) is 59.7 Å². The van der Waals surface area contributed by atoms with Crippen LogP contribution in [0, 0.1) is 11.8 Å². The molecule has 186 valence electrons. The van der Waals surface area contributed by atoms with Crippen LogP contribution in [0.4, 0.5) is 4.79 Å². The molecule has 2 aromatic rings. The van der Waals surface area contributed by atoms with Gasteiger partial charge in [0, 0.05) is 12.0 Å². The minimum absolute atomic E-state index is 0.0382. The topological polar surface area (TPSA) is 105 Å². The third-order valence-corrected chi connectivity index (χ3v) is 7.23. The first-order valence-electron chi connectivity index (χ1n) is 12.5. The number of fused-ring (bicyclic) bond motifs is 3. The standard InChI is InChI=1S/C28H34N2O5/c1-17(2)25(27(32)33)30-26(31)22-14-4-3-5-15-24(22)29-28(34)35-16-23-20-12-8-6-10-18(20)19-11-7-9-13-21(19)23/h6-13,17,22-25H,3-5,14-16H2,1-2H3,(H,29,34)(H,30,31)(H,32,33)/t22-,24+,25+/m0/s1. The number of carboxylic acid groups (broad SMARTS) is 1. The van der Waals surface area contributed by atoms with Crippen LogP contribution < -0.4 is 10.6 Å². The van der Waals surface area contributed by atoms with Gasteiger partial charge in [0.1, 0.15) is 12.6 Å². The number of carboxylic acids is 1. The Labute approximate surface area is 206 Å². The second kappa shape index (κ2) is 10.9. The number of carbonyl (C=O) groups excluding carboxylic acids is 2. The highest BCUT2D eigenvalue weighted by Crippen LogP contribution is 2.44. The molecule has 7 nitrogen and oxygen atoms in total. The van der Waals surface area contributed by atoms with Gasteiger partial charge in [0.15, 0.2) is 0 Å². The zero-order valence-corrected chi connectivity index (χ0v) is 20.3. The summed E-state index contributed by atoms with van der Waals surface area (Å²) in [6, 6.07) is 15.0. The molecule has 2 amide bonds. The van der Waals surface area contributed by atoms with Crippen LogP contribution in [-0.2, 0) is 14.3 Å². The molecule has 2 aliphatic rings. The monoisotopic (exact) mass is 478 g/mol. The summed E-state index contributed by atoms with van der Waals surface area (Å²) in [6.07, 6.45) is 3.44. The molecule has 0 spiro atoms. The quantitative estimate of drug-likeness (QED) is 0.501. The number of alkyl carbamates (subject to hydrolysis) is 1. The number of aliphatic carboxylic acids is 1. The molecule has 2 aliphatic carbocycles. The molecule has 1 saturated carbocycles. The fourth-order valence-electron chi connectivity index (χ4n) is 5.36. The van der Waals surface area contributed by atoms with E-state index < -0.39 is 30.1 Å². The molecule has 3 N–H and O–H groups in total. The number of ether oxygens (including phenoxy) is 1. The van der Waals surface area contributed by atoms with Crippen LogP contribution in [0.1, 0.15) is 63.0 Å². The molecule has 0 unspecified atom stereocenters. The smallest absolute Gasteiger partial charge is 0.407 e. The van der Waals surface area contributed by atoms with Crippen molar-refractivity contribution < 1.29 is 24.2 Å². The minimum Gasteiger partial charge on any atom is -0.480 e. The van der Waals surface area contributed by atoms with E-state index in [1.165, 1.54) is 0 Å². The van der Waals surface area contributed by atoms with Gasteiger partial charge >= 0.3 is 12.1 Å². The van der Waals surface area contributed by atoms with E-state index in [1.54, 1.807) is 13.8 Å². The van der Waals surface area contributed by atoms with E-state index in [1.807, 2.05) is 24.3 Å². The Balaban J connectivity index is 1.42. The van der Waals surface area contributed by atoms with Gasteiger partial charge in [-0.15, -0.1) is 0 Å². The maximum atomic E-state index is 13.0. The van der Waals surface area contributed by atoms with Crippen LogP contribution in [0.5, 0.6) is 0 Å². The number of hydrogen-bond acceptors (Lipinski definition) is 4. The second-order valence-corrected chi connectivity index (χ2v) is 9.89. The van der Waals surface area contributed by atoms with Crippen molar-refractivity contribution >= 4 is 18.0 Å². The summed E-state index contributed by atoms with van der Waals surface area (Å²) in [5.41, 5.74) is 4.61. The van der Waals surface area contributed by atoms with Gasteiger partial charge < -0.3 is 20.5 Å². The van der Waals surface area contributed by atoms with E-state index in [-0.39, 0.29) is 24.3 Å². The van der Waals surface area contributed by atoms with Crippen LogP contribution in [0.15, 0.2) is 48.5 Å². The van der Waals surface area contributed by atoms with Gasteiger partial charge in [-0.25, -0.2) is 9.59 Å². The van der Waals surface area contributed by atoms with Gasteiger partial charge in [-0.2, -0.15) is 0 Å². The molecule has 35 heavy (non-hydrogen) atoms. The van der Waals surface area contributed by atoms with E-state index in [4.69, 9.17) is 4.74 Å². The lowest BCUT2D eigenvalue weighted by Crippen LogP contribution is -2.51.